The van der Waals surface area contributed by atoms with E-state index in [9.17, 15) is 27.5 Å². The molecule has 1 atom stereocenters. The van der Waals surface area contributed by atoms with E-state index in [1.165, 1.54) is 12.1 Å². The van der Waals surface area contributed by atoms with Gasteiger partial charge in [0.05, 0.1) is 11.1 Å². The van der Waals surface area contributed by atoms with E-state index in [1.54, 1.807) is 0 Å². The fraction of sp³-hybridized carbons (Fsp3) is 0.556. The van der Waals surface area contributed by atoms with Crippen molar-refractivity contribution in [2.24, 2.45) is 5.73 Å². The van der Waals surface area contributed by atoms with E-state index in [1.807, 2.05) is 0 Å². The summed E-state index contributed by atoms with van der Waals surface area (Å²) < 4.78 is 50.4. The van der Waals surface area contributed by atoms with Gasteiger partial charge in [0.1, 0.15) is 11.6 Å². The first-order chi connectivity index (χ1) is 13.8. The van der Waals surface area contributed by atoms with Gasteiger partial charge in [0.15, 0.2) is 6.61 Å². The van der Waals surface area contributed by atoms with Crippen molar-refractivity contribution in [1.29, 1.82) is 0 Å². The third-order valence-corrected chi connectivity index (χ3v) is 5.60. The van der Waals surface area contributed by atoms with Crippen LogP contribution in [0.3, 0.4) is 0 Å². The summed E-state index contributed by atoms with van der Waals surface area (Å²) in [7, 11) is 0. The molecule has 3 saturated carbocycles. The van der Waals surface area contributed by atoms with Crippen LogP contribution in [0.4, 0.5) is 17.6 Å². The van der Waals surface area contributed by atoms with Crippen LogP contribution in [0.25, 0.3) is 0 Å². The van der Waals surface area contributed by atoms with Crippen LogP contribution in [0.15, 0.2) is 18.2 Å². The normalized spacial score (nSPS) is 27.6. The van der Waals surface area contributed by atoms with Gasteiger partial charge in [0, 0.05) is 17.1 Å². The van der Waals surface area contributed by atoms with Gasteiger partial charge in [0.25, 0.3) is 5.91 Å². The summed E-state index contributed by atoms with van der Waals surface area (Å²) in [6, 6.07) is 4.02. The number of halogens is 5. The Kier molecular flexibility index (Phi) is 7.20. The number of hydrogen-bond donors (Lipinski definition) is 4. The number of nitrogens with two attached hydrogens (primary N) is 1. The summed E-state index contributed by atoms with van der Waals surface area (Å²) in [6.45, 7) is -0.216. The minimum atomic E-state index is -5.08. The highest BCUT2D eigenvalue weighted by molar-refractivity contribution is 6.30. The Bertz CT molecular complexity index is 797. The van der Waals surface area contributed by atoms with Gasteiger partial charge in [-0.1, -0.05) is 11.6 Å². The Labute approximate surface area is 174 Å². The molecular weight excluding hydrogens is 436 g/mol. The predicted octanol–water partition coefficient (Wildman–Crippen LogP) is 2.38. The van der Waals surface area contributed by atoms with Crippen LogP contribution in [-0.4, -0.2) is 52.1 Å². The van der Waals surface area contributed by atoms with Crippen LogP contribution in [0, 0.1) is 5.82 Å². The summed E-state index contributed by atoms with van der Waals surface area (Å²) in [4.78, 5) is 21.0. The van der Waals surface area contributed by atoms with E-state index >= 15 is 0 Å². The minimum absolute atomic E-state index is 0.00403. The zero-order valence-corrected chi connectivity index (χ0v) is 16.4. The number of carbonyl (C=O) groups excluding carboxylic acids is 1. The van der Waals surface area contributed by atoms with E-state index in [2.05, 4.69) is 5.32 Å². The van der Waals surface area contributed by atoms with Gasteiger partial charge >= 0.3 is 12.1 Å². The summed E-state index contributed by atoms with van der Waals surface area (Å²) in [5.74, 6) is -3.40. The molecule has 3 aliphatic rings. The molecule has 168 valence electrons. The van der Waals surface area contributed by atoms with Crippen LogP contribution in [0.1, 0.15) is 32.1 Å². The number of aliphatic hydroxyl groups excluding tert-OH is 1. The van der Waals surface area contributed by atoms with Crippen molar-refractivity contribution >= 4 is 23.5 Å². The number of rotatable bonds is 4. The molecule has 0 spiro atoms. The zero-order valence-electron chi connectivity index (χ0n) is 15.6. The molecular formula is C18H21ClF4N2O5. The number of amides is 1. The first-order valence-electron chi connectivity index (χ1n) is 8.92. The van der Waals surface area contributed by atoms with Gasteiger partial charge in [-0.3, -0.25) is 4.79 Å². The molecule has 0 heterocycles. The van der Waals surface area contributed by atoms with Gasteiger partial charge in [-0.15, -0.1) is 0 Å². The highest BCUT2D eigenvalue weighted by Gasteiger charge is 2.52. The number of aliphatic carboxylic acids is 1. The standard InChI is InChI=1S/C16H20ClFN2O3.C2HF3O2/c17-11-2-1-10(7-12(11)18)23-9-14(22)20-15-3-5-16(19,6-4-15)13(21)8-15;3-2(4,5)1(6)7/h1-2,7,13,21H,3-6,8-9,19H2,(H,20,22);(H,6,7). The van der Waals surface area contributed by atoms with Gasteiger partial charge in [-0.25, -0.2) is 9.18 Å². The Morgan fingerprint density at radius 3 is 2.30 bits per heavy atom. The highest BCUT2D eigenvalue weighted by Crippen LogP contribution is 2.45. The molecule has 0 aliphatic heterocycles. The fourth-order valence-electron chi connectivity index (χ4n) is 3.53. The van der Waals surface area contributed by atoms with E-state index in [4.69, 9.17) is 32.0 Å². The first-order valence-corrected chi connectivity index (χ1v) is 9.30. The smallest absolute Gasteiger partial charge is 0.484 e. The summed E-state index contributed by atoms with van der Waals surface area (Å²) in [6.07, 6.45) is -2.33. The van der Waals surface area contributed by atoms with Gasteiger partial charge in [0.2, 0.25) is 0 Å². The van der Waals surface area contributed by atoms with Crippen molar-refractivity contribution in [1.82, 2.24) is 5.32 Å². The number of ether oxygens (including phenoxy) is 1. The molecule has 3 fully saturated rings. The van der Waals surface area contributed by atoms with Crippen molar-refractivity contribution in [2.75, 3.05) is 6.61 Å². The largest absolute Gasteiger partial charge is 0.490 e. The van der Waals surface area contributed by atoms with Crippen LogP contribution in [0.5, 0.6) is 5.75 Å². The van der Waals surface area contributed by atoms with Crippen molar-refractivity contribution < 1.29 is 42.1 Å². The molecule has 30 heavy (non-hydrogen) atoms. The number of aliphatic hydroxyl groups is 1. The molecule has 0 radical (unpaired) electrons. The van der Waals surface area contributed by atoms with Gasteiger partial charge in [-0.2, -0.15) is 13.2 Å². The Morgan fingerprint density at radius 1 is 1.27 bits per heavy atom. The molecule has 1 aromatic carbocycles. The third-order valence-electron chi connectivity index (χ3n) is 5.29. The fourth-order valence-corrected chi connectivity index (χ4v) is 3.65. The number of benzene rings is 1. The van der Waals surface area contributed by atoms with Gasteiger partial charge in [-0.05, 0) is 44.2 Å². The van der Waals surface area contributed by atoms with Crippen LogP contribution >= 0.6 is 11.6 Å². The predicted molar refractivity (Wildman–Crippen MR) is 97.5 cm³/mol. The molecule has 0 saturated heterocycles. The maximum atomic E-state index is 13.3. The molecule has 0 aromatic heterocycles. The first kappa shape index (κ1) is 24.2. The highest BCUT2D eigenvalue weighted by atomic mass is 35.5. The maximum Gasteiger partial charge on any atom is 0.490 e. The Balaban J connectivity index is 0.000000396. The Morgan fingerprint density at radius 2 is 1.83 bits per heavy atom. The lowest BCUT2D eigenvalue weighted by atomic mass is 9.60. The van der Waals surface area contributed by atoms with E-state index in [0.29, 0.717) is 19.3 Å². The lowest BCUT2D eigenvalue weighted by Gasteiger charge is -2.54. The van der Waals surface area contributed by atoms with E-state index in [-0.39, 0.29) is 23.3 Å². The number of carboxylic acids is 1. The Hall–Kier alpha value is -2.11. The number of carbonyl (C=O) groups is 2. The number of fused-ring (bicyclic) bond motifs is 3. The molecule has 3 aliphatic carbocycles. The lowest BCUT2D eigenvalue weighted by molar-refractivity contribution is -0.192. The maximum absolute atomic E-state index is 13.3. The number of nitrogens with one attached hydrogen (secondary N) is 1. The van der Waals surface area contributed by atoms with E-state index < -0.39 is 35.1 Å². The summed E-state index contributed by atoms with van der Waals surface area (Å²) >= 11 is 5.59. The van der Waals surface area contributed by atoms with Crippen molar-refractivity contribution in [3.8, 4) is 5.75 Å². The number of alkyl halides is 3. The second kappa shape index (κ2) is 8.94. The van der Waals surface area contributed by atoms with Gasteiger partial charge < -0.3 is 26.0 Å². The molecule has 5 N–H and O–H groups in total. The monoisotopic (exact) mass is 456 g/mol. The zero-order chi connectivity index (χ0) is 22.7. The molecule has 1 unspecified atom stereocenters. The number of hydrogen-bond acceptors (Lipinski definition) is 5. The molecule has 4 rings (SSSR count). The molecule has 2 bridgehead atoms. The van der Waals surface area contributed by atoms with Crippen LogP contribution < -0.4 is 15.8 Å². The summed E-state index contributed by atoms with van der Waals surface area (Å²) in [5.41, 5.74) is 5.24. The minimum Gasteiger partial charge on any atom is -0.484 e. The van der Waals surface area contributed by atoms with Crippen molar-refractivity contribution in [2.45, 2.75) is 55.5 Å². The van der Waals surface area contributed by atoms with E-state index in [0.717, 1.165) is 18.9 Å². The van der Waals surface area contributed by atoms with Crippen LogP contribution in [0.2, 0.25) is 5.02 Å². The second-order valence-corrected chi connectivity index (χ2v) is 7.86. The lowest BCUT2D eigenvalue weighted by Crippen LogP contribution is -2.68. The van der Waals surface area contributed by atoms with Crippen LogP contribution in [-0.2, 0) is 9.59 Å². The second-order valence-electron chi connectivity index (χ2n) is 7.45. The van der Waals surface area contributed by atoms with Crippen molar-refractivity contribution in [3.05, 3.63) is 29.0 Å². The molecule has 12 heteroatoms. The SMILES string of the molecule is NC12CCC(NC(=O)COc3ccc(Cl)c(F)c3)(CC1)CC2O.O=C(O)C(F)(F)F. The third kappa shape index (κ3) is 5.96. The topological polar surface area (TPSA) is 122 Å². The average molecular weight is 457 g/mol. The molecule has 1 amide bonds. The molecule has 1 aromatic rings. The number of carboxylic acid groups (broad SMARTS) is 1. The quantitative estimate of drug-likeness (QED) is 0.516. The van der Waals surface area contributed by atoms with Crippen molar-refractivity contribution in [3.63, 3.8) is 0 Å². The molecule has 7 nitrogen and oxygen atoms in total. The average Bonchev–Trinajstić information content (AvgIpc) is 2.64. The summed E-state index contributed by atoms with van der Waals surface area (Å²) in [5, 5.41) is 20.2.